The van der Waals surface area contributed by atoms with Gasteiger partial charge in [0.15, 0.2) is 0 Å². The van der Waals surface area contributed by atoms with E-state index in [9.17, 15) is 18.0 Å². The Hall–Kier alpha value is -2.71. The van der Waals surface area contributed by atoms with Crippen molar-refractivity contribution >= 4 is 21.8 Å². The van der Waals surface area contributed by atoms with Gasteiger partial charge < -0.3 is 14.7 Å². The number of quaternary nitrogens is 1. The Kier molecular flexibility index (Phi) is 41.9. The predicted molar refractivity (Wildman–Crippen MR) is 299 cm³/mol. The maximum Gasteiger partial charge on any atom is 0.335 e. The van der Waals surface area contributed by atoms with Gasteiger partial charge in [0.05, 0.1) is 47.1 Å². The molecule has 8 heteroatoms. The molecule has 0 saturated carbocycles. The van der Waals surface area contributed by atoms with Crippen molar-refractivity contribution in [2.45, 2.75) is 294 Å². The van der Waals surface area contributed by atoms with Crippen LogP contribution in [-0.4, -0.2) is 61.2 Å². The van der Waals surface area contributed by atoms with Crippen molar-refractivity contribution in [2.24, 2.45) is 0 Å². The molecule has 0 aliphatic carbocycles. The van der Waals surface area contributed by atoms with Gasteiger partial charge in [-0.1, -0.05) is 233 Å². The quantitative estimate of drug-likeness (QED) is 0.0505. The molecule has 0 aliphatic rings. The van der Waals surface area contributed by atoms with Crippen LogP contribution in [0.3, 0.4) is 0 Å². The predicted octanol–water partition coefficient (Wildman–Crippen LogP) is 19.4. The van der Waals surface area contributed by atoms with Crippen LogP contribution < -0.4 is 0 Å². The molecule has 0 bridgehead atoms. The van der Waals surface area contributed by atoms with Gasteiger partial charge in [-0.3, -0.25) is 0 Å². The summed E-state index contributed by atoms with van der Waals surface area (Å²) in [4.78, 5) is 21.3. The number of hydrogen-bond acceptors (Lipinski definition) is 4. The molecule has 0 unspecified atom stereocenters. The molecule has 0 radical (unpaired) electrons. The molecule has 0 heterocycles. The number of nitrogens with zero attached hydrogens (tertiary/aromatic N) is 1. The van der Waals surface area contributed by atoms with Gasteiger partial charge in [-0.15, -0.1) is 0 Å². The minimum Gasteiger partial charge on any atom is -0.478 e. The minimum atomic E-state index is -3.81. The van der Waals surface area contributed by atoms with Crippen LogP contribution >= 0.6 is 0 Å². The highest BCUT2D eigenvalue weighted by Gasteiger charge is 2.26. The lowest BCUT2D eigenvalue weighted by Gasteiger charge is -2.40. The Morgan fingerprint density at radius 1 is 0.314 bits per heavy atom. The fraction of sp³-hybridized carbons (Fsp3) is 0.774. The summed E-state index contributed by atoms with van der Waals surface area (Å²) >= 11 is 0. The van der Waals surface area contributed by atoms with E-state index < -0.39 is 21.8 Å². The normalized spacial score (nSPS) is 11.7. The van der Waals surface area contributed by atoms with E-state index in [1.807, 2.05) is 0 Å². The van der Waals surface area contributed by atoms with Crippen molar-refractivity contribution < 1.29 is 32.7 Å². The van der Waals surface area contributed by atoms with Crippen molar-refractivity contribution in [3.63, 3.8) is 0 Å². The first-order chi connectivity index (χ1) is 34.1. The number of benzene rings is 2. The molecule has 0 aromatic heterocycles. The molecule has 2 aromatic carbocycles. The van der Waals surface area contributed by atoms with Crippen LogP contribution in [0.4, 0.5) is 0 Å². The Balaban J connectivity index is 0.000000957. The van der Waals surface area contributed by atoms with Gasteiger partial charge >= 0.3 is 11.9 Å². The highest BCUT2D eigenvalue weighted by Crippen LogP contribution is 2.24. The molecular weight excluding hydrogens is 887 g/mol. The smallest absolute Gasteiger partial charge is 0.335 e. The first-order valence-electron chi connectivity index (χ1n) is 29.8. The zero-order valence-electron chi connectivity index (χ0n) is 46.1. The molecule has 0 fully saturated rings. The highest BCUT2D eigenvalue weighted by molar-refractivity contribution is 7.91. The average Bonchev–Trinajstić information content (AvgIpc) is 3.36. The number of carboxylic acid groups (broad SMARTS) is 2. The van der Waals surface area contributed by atoms with E-state index in [4.69, 9.17) is 10.2 Å². The third-order valence-electron chi connectivity index (χ3n) is 14.8. The molecule has 7 nitrogen and oxygen atoms in total. The maximum atomic E-state index is 12.3. The Morgan fingerprint density at radius 3 is 0.657 bits per heavy atom. The number of hydrogen-bond donors (Lipinski definition) is 2. The van der Waals surface area contributed by atoms with Gasteiger partial charge in [-0.2, -0.15) is 0 Å². The van der Waals surface area contributed by atoms with Gasteiger partial charge in [0.1, 0.15) is 0 Å². The van der Waals surface area contributed by atoms with Crippen molar-refractivity contribution in [1.82, 2.24) is 0 Å². The number of aromatic carboxylic acids is 2. The highest BCUT2D eigenvalue weighted by atomic mass is 32.2. The second-order valence-corrected chi connectivity index (χ2v) is 23.1. The summed E-state index contributed by atoms with van der Waals surface area (Å²) in [6.07, 6.45) is 58.7. The molecule has 0 amide bonds. The number of sulfone groups is 1. The van der Waals surface area contributed by atoms with Gasteiger partial charge in [-0.25, -0.2) is 18.0 Å². The van der Waals surface area contributed by atoms with Crippen LogP contribution in [0.5, 0.6) is 0 Å². The molecule has 2 aromatic rings. The first-order valence-corrected chi connectivity index (χ1v) is 31.3. The van der Waals surface area contributed by atoms with Gasteiger partial charge in [0.2, 0.25) is 9.84 Å². The van der Waals surface area contributed by atoms with Crippen LogP contribution in [0.1, 0.15) is 305 Å². The van der Waals surface area contributed by atoms with E-state index in [1.54, 1.807) is 0 Å². The Labute approximate surface area is 432 Å². The van der Waals surface area contributed by atoms with E-state index in [2.05, 4.69) is 27.7 Å². The van der Waals surface area contributed by atoms with Crippen LogP contribution in [0.2, 0.25) is 0 Å². The average molecular weight is 998 g/mol. The molecule has 0 spiro atoms. The molecule has 0 atom stereocenters. The van der Waals surface area contributed by atoms with Crippen molar-refractivity contribution in [3.05, 3.63) is 59.7 Å². The zero-order chi connectivity index (χ0) is 51.2. The molecule has 404 valence electrons. The summed E-state index contributed by atoms with van der Waals surface area (Å²) in [6, 6.07) is 9.57. The first kappa shape index (κ1) is 65.3. The summed E-state index contributed by atoms with van der Waals surface area (Å²) in [5.41, 5.74) is -0.0367. The lowest BCUT2D eigenvalue weighted by atomic mass is 10.0. The number of rotatable bonds is 48. The van der Waals surface area contributed by atoms with Gasteiger partial charge in [-0.05, 0) is 99.9 Å². The summed E-state index contributed by atoms with van der Waals surface area (Å²) in [6.45, 7) is 15.3. The van der Waals surface area contributed by atoms with E-state index in [0.717, 1.165) is 0 Å². The maximum absolute atomic E-state index is 12.3. The summed E-state index contributed by atoms with van der Waals surface area (Å²) in [5, 5.41) is 17.5. The molecule has 70 heavy (non-hydrogen) atoms. The van der Waals surface area contributed by atoms with E-state index in [0.29, 0.717) is 0 Å². The fourth-order valence-corrected chi connectivity index (χ4v) is 11.4. The lowest BCUT2D eigenvalue weighted by molar-refractivity contribution is -0.929. The monoisotopic (exact) mass is 997 g/mol. The summed E-state index contributed by atoms with van der Waals surface area (Å²) < 4.78 is 26.1. The van der Waals surface area contributed by atoms with Crippen molar-refractivity contribution in [2.75, 3.05) is 26.2 Å². The van der Waals surface area contributed by atoms with Crippen LogP contribution in [-0.2, 0) is 9.84 Å². The van der Waals surface area contributed by atoms with Crippen molar-refractivity contribution in [1.29, 1.82) is 0 Å². The SMILES string of the molecule is CCCCCCCCCCCC[N+](CCCCCCCCCCCC)(CCCCCCCCCCCC)CCCCCCCCCCCC.O=C(O)c1ccc(S(=O)(=O)c2ccc(C(=O)O)cc2)cc1. The van der Waals surface area contributed by atoms with Crippen LogP contribution in [0.25, 0.3) is 0 Å². The van der Waals surface area contributed by atoms with E-state index in [1.165, 1.54) is 336 Å². The fourth-order valence-electron chi connectivity index (χ4n) is 10.1. The third kappa shape index (κ3) is 33.8. The summed E-state index contributed by atoms with van der Waals surface area (Å²) in [5.74, 6) is -2.30. The van der Waals surface area contributed by atoms with Crippen LogP contribution in [0, 0.1) is 0 Å². The summed E-state index contributed by atoms with van der Waals surface area (Å²) in [7, 11) is -3.81. The Bertz CT molecular complexity index is 1440. The third-order valence-corrected chi connectivity index (χ3v) is 16.6. The zero-order valence-corrected chi connectivity index (χ0v) is 46.9. The molecular formula is C62H110NO6S+. The van der Waals surface area contributed by atoms with Crippen LogP contribution in [0.15, 0.2) is 58.3 Å². The molecule has 0 aliphatic heterocycles. The second-order valence-electron chi connectivity index (χ2n) is 21.1. The van der Waals surface area contributed by atoms with E-state index >= 15 is 0 Å². The molecule has 2 N–H and O–H groups in total. The Morgan fingerprint density at radius 2 is 0.486 bits per heavy atom. The topological polar surface area (TPSA) is 109 Å². The molecule has 2 rings (SSSR count). The number of carboxylic acids is 2. The second kappa shape index (κ2) is 44.9. The number of unbranched alkanes of at least 4 members (excludes halogenated alkanes) is 36. The van der Waals surface area contributed by atoms with E-state index in [-0.39, 0.29) is 20.9 Å². The number of carbonyl (C=O) groups is 2. The largest absolute Gasteiger partial charge is 0.478 e. The van der Waals surface area contributed by atoms with Gasteiger partial charge in [0.25, 0.3) is 0 Å². The molecule has 0 saturated heterocycles. The van der Waals surface area contributed by atoms with Crippen molar-refractivity contribution in [3.8, 4) is 0 Å². The minimum absolute atomic E-state index is 0.0184. The lowest BCUT2D eigenvalue weighted by Crippen LogP contribution is -2.50. The standard InChI is InChI=1S/C48H100N.C14H10O6S/c1-5-9-13-17-21-25-29-33-37-41-45-49(46-42-38-34-30-26-22-18-14-10-6-2,47-43-39-35-31-27-23-19-15-11-7-3)48-44-40-36-32-28-24-20-16-12-8-4;15-13(16)9-1-5-11(6-2-9)21(19,20)12-7-3-10(4-8-12)14(17)18/h5-48H2,1-4H3;1-8H,(H,15,16)(H,17,18)/q+1;. The van der Waals surface area contributed by atoms with Gasteiger partial charge in [0, 0.05) is 0 Å².